The standard InChI is InChI=1S/C27H33NO6/c1-21(18-32-25-14-8-9-17-31-25)15-16-24(26(29)33-19-22-10-4-2-5-11-22)28-27(30)34-20-23-12-6-3-7-13-23/h2-7,10-13,24-25H,1,8-9,14-20H2,(H,28,30)/t24-,25?/m0/s1. The fourth-order valence-electron chi connectivity index (χ4n) is 3.46. The van der Waals surface area contributed by atoms with Crippen LogP contribution in [0.3, 0.4) is 0 Å². The molecule has 1 fully saturated rings. The van der Waals surface area contributed by atoms with Crippen LogP contribution in [0.15, 0.2) is 72.8 Å². The van der Waals surface area contributed by atoms with Crippen LogP contribution in [0.5, 0.6) is 0 Å². The van der Waals surface area contributed by atoms with E-state index in [0.717, 1.165) is 36.0 Å². The average Bonchev–Trinajstić information content (AvgIpc) is 2.89. The zero-order valence-corrected chi connectivity index (χ0v) is 19.4. The van der Waals surface area contributed by atoms with Gasteiger partial charge in [0, 0.05) is 6.61 Å². The van der Waals surface area contributed by atoms with E-state index in [1.807, 2.05) is 60.7 Å². The SMILES string of the molecule is C=C(CC[C@H](NC(=O)OCc1ccccc1)C(=O)OCc1ccccc1)COC1CCCCO1. The van der Waals surface area contributed by atoms with E-state index in [0.29, 0.717) is 26.1 Å². The Morgan fingerprint density at radius 1 is 0.971 bits per heavy atom. The normalized spacial score (nSPS) is 16.3. The molecule has 34 heavy (non-hydrogen) atoms. The molecule has 7 nitrogen and oxygen atoms in total. The predicted octanol–water partition coefficient (Wildman–Crippen LogP) is 4.90. The van der Waals surface area contributed by atoms with Gasteiger partial charge in [-0.2, -0.15) is 0 Å². The first kappa shape index (κ1) is 25.5. The number of ether oxygens (including phenoxy) is 4. The third kappa shape index (κ3) is 9.37. The number of rotatable bonds is 12. The minimum atomic E-state index is -0.866. The molecule has 0 aliphatic carbocycles. The Morgan fingerprint density at radius 3 is 2.24 bits per heavy atom. The van der Waals surface area contributed by atoms with Crippen molar-refractivity contribution in [3.05, 3.63) is 83.9 Å². The molecule has 1 amide bonds. The molecule has 3 rings (SSSR count). The highest BCUT2D eigenvalue weighted by molar-refractivity contribution is 5.81. The fourth-order valence-corrected chi connectivity index (χ4v) is 3.46. The number of benzene rings is 2. The molecule has 0 radical (unpaired) electrons. The van der Waals surface area contributed by atoms with Gasteiger partial charge >= 0.3 is 12.1 Å². The number of esters is 1. The summed E-state index contributed by atoms with van der Waals surface area (Å²) < 4.78 is 22.1. The summed E-state index contributed by atoms with van der Waals surface area (Å²) in [5.74, 6) is -0.523. The van der Waals surface area contributed by atoms with Gasteiger partial charge < -0.3 is 24.3 Å². The van der Waals surface area contributed by atoms with Crippen molar-refractivity contribution in [3.63, 3.8) is 0 Å². The summed E-state index contributed by atoms with van der Waals surface area (Å²) in [5.41, 5.74) is 2.54. The van der Waals surface area contributed by atoms with Crippen LogP contribution in [0, 0.1) is 0 Å². The maximum absolute atomic E-state index is 12.8. The minimum Gasteiger partial charge on any atom is -0.459 e. The van der Waals surface area contributed by atoms with Crippen LogP contribution < -0.4 is 5.32 Å². The molecule has 2 aromatic carbocycles. The lowest BCUT2D eigenvalue weighted by Gasteiger charge is -2.23. The first-order valence-corrected chi connectivity index (χ1v) is 11.7. The molecule has 7 heteroatoms. The molecule has 1 heterocycles. The number of amides is 1. The third-order valence-electron chi connectivity index (χ3n) is 5.41. The van der Waals surface area contributed by atoms with Gasteiger partial charge in [0.15, 0.2) is 6.29 Å². The van der Waals surface area contributed by atoms with E-state index in [-0.39, 0.29) is 19.5 Å². The van der Waals surface area contributed by atoms with Gasteiger partial charge in [-0.15, -0.1) is 0 Å². The van der Waals surface area contributed by atoms with Gasteiger partial charge in [-0.1, -0.05) is 72.8 Å². The van der Waals surface area contributed by atoms with Crippen LogP contribution in [0.2, 0.25) is 0 Å². The first-order valence-electron chi connectivity index (χ1n) is 11.7. The van der Waals surface area contributed by atoms with Crippen LogP contribution in [0.1, 0.15) is 43.2 Å². The van der Waals surface area contributed by atoms with Crippen molar-refractivity contribution in [2.75, 3.05) is 13.2 Å². The third-order valence-corrected chi connectivity index (χ3v) is 5.41. The van der Waals surface area contributed by atoms with Gasteiger partial charge in [-0.25, -0.2) is 9.59 Å². The number of hydrogen-bond donors (Lipinski definition) is 1. The van der Waals surface area contributed by atoms with E-state index in [1.54, 1.807) is 0 Å². The van der Waals surface area contributed by atoms with E-state index >= 15 is 0 Å². The highest BCUT2D eigenvalue weighted by atomic mass is 16.7. The van der Waals surface area contributed by atoms with Gasteiger partial charge in [0.05, 0.1) is 6.61 Å². The molecule has 2 atom stereocenters. The molecule has 2 aromatic rings. The van der Waals surface area contributed by atoms with Crippen molar-refractivity contribution in [1.29, 1.82) is 0 Å². The van der Waals surface area contributed by atoms with Crippen molar-refractivity contribution in [2.24, 2.45) is 0 Å². The quantitative estimate of drug-likeness (QED) is 0.353. The molecule has 0 spiro atoms. The Bertz CT molecular complexity index is 896. The van der Waals surface area contributed by atoms with Crippen molar-refractivity contribution in [3.8, 4) is 0 Å². The number of hydrogen-bond acceptors (Lipinski definition) is 6. The molecule has 0 bridgehead atoms. The Hall–Kier alpha value is -3.16. The Morgan fingerprint density at radius 2 is 1.62 bits per heavy atom. The number of alkyl carbamates (subject to hydrolysis) is 1. The lowest BCUT2D eigenvalue weighted by atomic mass is 10.1. The summed E-state index contributed by atoms with van der Waals surface area (Å²) in [5, 5.41) is 2.64. The van der Waals surface area contributed by atoms with E-state index in [9.17, 15) is 9.59 Å². The van der Waals surface area contributed by atoms with Gasteiger partial charge in [-0.05, 0) is 43.2 Å². The monoisotopic (exact) mass is 467 g/mol. The molecule has 1 saturated heterocycles. The summed E-state index contributed by atoms with van der Waals surface area (Å²) in [6.45, 7) is 5.33. The minimum absolute atomic E-state index is 0.112. The van der Waals surface area contributed by atoms with Crippen LogP contribution in [-0.4, -0.2) is 37.6 Å². The van der Waals surface area contributed by atoms with Gasteiger partial charge in [0.25, 0.3) is 0 Å². The highest BCUT2D eigenvalue weighted by Gasteiger charge is 2.24. The van der Waals surface area contributed by atoms with E-state index in [1.165, 1.54) is 0 Å². The second kappa shape index (κ2) is 14.2. The maximum atomic E-state index is 12.8. The number of carbonyl (C=O) groups is 2. The van der Waals surface area contributed by atoms with E-state index < -0.39 is 18.1 Å². The molecule has 1 N–H and O–H groups in total. The predicted molar refractivity (Wildman–Crippen MR) is 128 cm³/mol. The van der Waals surface area contributed by atoms with Crippen LogP contribution in [0.25, 0.3) is 0 Å². The van der Waals surface area contributed by atoms with Crippen molar-refractivity contribution >= 4 is 12.1 Å². The zero-order valence-electron chi connectivity index (χ0n) is 19.4. The van der Waals surface area contributed by atoms with Gasteiger partial charge in [0.2, 0.25) is 0 Å². The Balaban J connectivity index is 1.49. The molecule has 182 valence electrons. The van der Waals surface area contributed by atoms with Crippen LogP contribution in [0.4, 0.5) is 4.79 Å². The second-order valence-electron chi connectivity index (χ2n) is 8.25. The molecular formula is C27H33NO6. The largest absolute Gasteiger partial charge is 0.459 e. The Kier molecular flexibility index (Phi) is 10.6. The first-order chi connectivity index (χ1) is 16.6. The number of carbonyl (C=O) groups excluding carboxylic acids is 2. The molecule has 0 aromatic heterocycles. The van der Waals surface area contributed by atoms with Crippen LogP contribution >= 0.6 is 0 Å². The Labute approximate surface area is 201 Å². The molecule has 1 aliphatic heterocycles. The summed E-state index contributed by atoms with van der Waals surface area (Å²) in [6, 6.07) is 17.9. The second-order valence-corrected chi connectivity index (χ2v) is 8.25. The molecule has 1 unspecified atom stereocenters. The molecule has 0 saturated carbocycles. The smallest absolute Gasteiger partial charge is 0.408 e. The lowest BCUT2D eigenvalue weighted by Crippen LogP contribution is -2.42. The summed E-state index contributed by atoms with van der Waals surface area (Å²) in [7, 11) is 0. The van der Waals surface area contributed by atoms with Gasteiger partial charge in [-0.3, -0.25) is 0 Å². The fraction of sp³-hybridized carbons (Fsp3) is 0.407. The van der Waals surface area contributed by atoms with E-state index in [4.69, 9.17) is 18.9 Å². The maximum Gasteiger partial charge on any atom is 0.408 e. The van der Waals surface area contributed by atoms with E-state index in [2.05, 4.69) is 11.9 Å². The molecule has 1 aliphatic rings. The van der Waals surface area contributed by atoms with Crippen molar-refractivity contribution in [1.82, 2.24) is 5.32 Å². The van der Waals surface area contributed by atoms with Gasteiger partial charge in [0.1, 0.15) is 19.3 Å². The highest BCUT2D eigenvalue weighted by Crippen LogP contribution is 2.16. The summed E-state index contributed by atoms with van der Waals surface area (Å²) in [4.78, 5) is 25.1. The topological polar surface area (TPSA) is 83.1 Å². The average molecular weight is 468 g/mol. The van der Waals surface area contributed by atoms with Crippen molar-refractivity contribution in [2.45, 2.75) is 57.6 Å². The van der Waals surface area contributed by atoms with Crippen LogP contribution in [-0.2, 0) is 37.0 Å². The zero-order chi connectivity index (χ0) is 24.0. The number of nitrogens with one attached hydrogen (secondary N) is 1. The lowest BCUT2D eigenvalue weighted by molar-refractivity contribution is -0.157. The summed E-state index contributed by atoms with van der Waals surface area (Å²) >= 11 is 0. The summed E-state index contributed by atoms with van der Waals surface area (Å²) in [6.07, 6.45) is 2.93. The van der Waals surface area contributed by atoms with Crippen molar-refractivity contribution < 1.29 is 28.5 Å². The molecular weight excluding hydrogens is 434 g/mol.